The Morgan fingerprint density at radius 1 is 1.67 bits per heavy atom. The van der Waals surface area contributed by atoms with E-state index in [4.69, 9.17) is 10.5 Å². The van der Waals surface area contributed by atoms with Crippen molar-refractivity contribution < 1.29 is 9.53 Å². The maximum Gasteiger partial charge on any atom is 0.234 e. The molecule has 0 aromatic rings. The number of likely N-dealkylation sites (tertiary alicyclic amines) is 1. The lowest BCUT2D eigenvalue weighted by molar-refractivity contribution is -0.122. The molecule has 15 heavy (non-hydrogen) atoms. The Bertz CT molecular complexity index is 199. The molecule has 0 saturated carbocycles. The fourth-order valence-electron chi connectivity index (χ4n) is 1.80. The monoisotopic (exact) mass is 215 g/mol. The maximum atomic E-state index is 11.4. The summed E-state index contributed by atoms with van der Waals surface area (Å²) < 4.78 is 4.85. The van der Waals surface area contributed by atoms with Crippen LogP contribution in [0.5, 0.6) is 0 Å². The van der Waals surface area contributed by atoms with Crippen molar-refractivity contribution in [2.24, 2.45) is 11.7 Å². The molecule has 0 bridgehead atoms. The zero-order valence-electron chi connectivity index (χ0n) is 9.37. The summed E-state index contributed by atoms with van der Waals surface area (Å²) in [5, 5.41) is 2.81. The third-order valence-corrected chi connectivity index (χ3v) is 2.70. The summed E-state index contributed by atoms with van der Waals surface area (Å²) >= 11 is 0. The molecule has 1 aliphatic heterocycles. The van der Waals surface area contributed by atoms with Crippen molar-refractivity contribution in [3.05, 3.63) is 0 Å². The highest BCUT2D eigenvalue weighted by Crippen LogP contribution is 2.13. The van der Waals surface area contributed by atoms with Crippen molar-refractivity contribution in [1.29, 1.82) is 0 Å². The molecule has 3 N–H and O–H groups in total. The second-order valence-corrected chi connectivity index (χ2v) is 3.97. The van der Waals surface area contributed by atoms with Gasteiger partial charge in [0.2, 0.25) is 5.91 Å². The van der Waals surface area contributed by atoms with Gasteiger partial charge in [0.05, 0.1) is 13.2 Å². The van der Waals surface area contributed by atoms with Crippen LogP contribution in [0.25, 0.3) is 0 Å². The molecule has 0 aliphatic carbocycles. The molecule has 1 atom stereocenters. The summed E-state index contributed by atoms with van der Waals surface area (Å²) in [6, 6.07) is 0. The minimum atomic E-state index is 0.0738. The first kappa shape index (κ1) is 12.4. The first-order valence-electron chi connectivity index (χ1n) is 5.44. The standard InChI is InChI=1S/C10H21N3O2/c1-15-5-3-12-10(14)8-13-4-2-9(6-11)7-13/h9H,2-8,11H2,1H3,(H,12,14). The number of carbonyl (C=O) groups is 1. The minimum absolute atomic E-state index is 0.0738. The Morgan fingerprint density at radius 2 is 2.47 bits per heavy atom. The van der Waals surface area contributed by atoms with Crippen LogP contribution in [0.1, 0.15) is 6.42 Å². The Labute approximate surface area is 90.9 Å². The smallest absolute Gasteiger partial charge is 0.234 e. The number of amides is 1. The second-order valence-electron chi connectivity index (χ2n) is 3.97. The number of rotatable bonds is 6. The van der Waals surface area contributed by atoms with Crippen LogP contribution in [0, 0.1) is 5.92 Å². The molecular weight excluding hydrogens is 194 g/mol. The maximum absolute atomic E-state index is 11.4. The van der Waals surface area contributed by atoms with E-state index in [1.807, 2.05) is 0 Å². The van der Waals surface area contributed by atoms with Crippen molar-refractivity contribution in [3.63, 3.8) is 0 Å². The molecule has 5 heteroatoms. The normalized spacial score (nSPS) is 21.9. The number of nitrogens with zero attached hydrogens (tertiary/aromatic N) is 1. The number of nitrogens with two attached hydrogens (primary N) is 1. The molecule has 1 saturated heterocycles. The molecule has 0 spiro atoms. The minimum Gasteiger partial charge on any atom is -0.383 e. The average Bonchev–Trinajstić information content (AvgIpc) is 2.66. The van der Waals surface area contributed by atoms with E-state index in [0.717, 1.165) is 26.1 Å². The van der Waals surface area contributed by atoms with Crippen LogP contribution < -0.4 is 11.1 Å². The summed E-state index contributed by atoms with van der Waals surface area (Å²) in [6.07, 6.45) is 1.11. The van der Waals surface area contributed by atoms with Crippen LogP contribution in [0.4, 0.5) is 0 Å². The van der Waals surface area contributed by atoms with Gasteiger partial charge >= 0.3 is 0 Å². The summed E-state index contributed by atoms with van der Waals surface area (Å²) in [4.78, 5) is 13.6. The van der Waals surface area contributed by atoms with Gasteiger partial charge in [-0.15, -0.1) is 0 Å². The van der Waals surface area contributed by atoms with Gasteiger partial charge in [-0.05, 0) is 25.4 Å². The topological polar surface area (TPSA) is 67.6 Å². The van der Waals surface area contributed by atoms with Crippen LogP contribution in [0.2, 0.25) is 0 Å². The van der Waals surface area contributed by atoms with Gasteiger partial charge in [-0.25, -0.2) is 0 Å². The van der Waals surface area contributed by atoms with E-state index < -0.39 is 0 Å². The molecule has 5 nitrogen and oxygen atoms in total. The summed E-state index contributed by atoms with van der Waals surface area (Å²) in [5.74, 6) is 0.640. The van der Waals surface area contributed by atoms with E-state index in [2.05, 4.69) is 10.2 Å². The predicted molar refractivity (Wildman–Crippen MR) is 58.5 cm³/mol. The number of methoxy groups -OCH3 is 1. The Balaban J connectivity index is 2.10. The quantitative estimate of drug-likeness (QED) is 0.559. The molecule has 1 amide bonds. The summed E-state index contributed by atoms with van der Waals surface area (Å²) in [5.41, 5.74) is 5.58. The molecule has 1 fully saturated rings. The van der Waals surface area contributed by atoms with Crippen molar-refractivity contribution in [3.8, 4) is 0 Å². The fourth-order valence-corrected chi connectivity index (χ4v) is 1.80. The third-order valence-electron chi connectivity index (χ3n) is 2.70. The number of hydrogen-bond donors (Lipinski definition) is 2. The van der Waals surface area contributed by atoms with Gasteiger partial charge in [0, 0.05) is 20.2 Å². The Kier molecular flexibility index (Phi) is 5.60. The SMILES string of the molecule is COCCNC(=O)CN1CCC(CN)C1. The van der Waals surface area contributed by atoms with E-state index in [0.29, 0.717) is 25.6 Å². The molecular formula is C10H21N3O2. The molecule has 0 aromatic heterocycles. The first-order chi connectivity index (χ1) is 7.26. The lowest BCUT2D eigenvalue weighted by atomic mass is 10.1. The Hall–Kier alpha value is -0.650. The molecule has 1 aliphatic rings. The zero-order valence-corrected chi connectivity index (χ0v) is 9.37. The van der Waals surface area contributed by atoms with E-state index in [1.165, 1.54) is 0 Å². The number of nitrogens with one attached hydrogen (secondary N) is 1. The summed E-state index contributed by atoms with van der Waals surface area (Å²) in [7, 11) is 1.62. The molecule has 0 radical (unpaired) electrons. The van der Waals surface area contributed by atoms with Crippen molar-refractivity contribution >= 4 is 5.91 Å². The van der Waals surface area contributed by atoms with Crippen molar-refractivity contribution in [2.45, 2.75) is 6.42 Å². The highest BCUT2D eigenvalue weighted by molar-refractivity contribution is 5.78. The molecule has 1 unspecified atom stereocenters. The Morgan fingerprint density at radius 3 is 3.07 bits per heavy atom. The second kappa shape index (κ2) is 6.76. The highest BCUT2D eigenvalue weighted by Gasteiger charge is 2.22. The zero-order chi connectivity index (χ0) is 11.1. The van der Waals surface area contributed by atoms with Gasteiger partial charge in [-0.2, -0.15) is 0 Å². The number of hydrogen-bond acceptors (Lipinski definition) is 4. The number of ether oxygens (including phenoxy) is 1. The van der Waals surface area contributed by atoms with Crippen LogP contribution in [-0.4, -0.2) is 57.2 Å². The molecule has 88 valence electrons. The lowest BCUT2D eigenvalue weighted by Crippen LogP contribution is -2.37. The van der Waals surface area contributed by atoms with Crippen LogP contribution in [0.3, 0.4) is 0 Å². The first-order valence-corrected chi connectivity index (χ1v) is 5.44. The highest BCUT2D eigenvalue weighted by atomic mass is 16.5. The average molecular weight is 215 g/mol. The van der Waals surface area contributed by atoms with Gasteiger partial charge < -0.3 is 15.8 Å². The predicted octanol–water partition coefficient (Wildman–Crippen LogP) is -0.970. The van der Waals surface area contributed by atoms with Crippen molar-refractivity contribution in [2.75, 3.05) is 46.4 Å². The van der Waals surface area contributed by atoms with Crippen molar-refractivity contribution in [1.82, 2.24) is 10.2 Å². The van der Waals surface area contributed by atoms with Gasteiger partial charge in [0.15, 0.2) is 0 Å². The van der Waals surface area contributed by atoms with E-state index >= 15 is 0 Å². The fraction of sp³-hybridized carbons (Fsp3) is 0.900. The van der Waals surface area contributed by atoms with Gasteiger partial charge in [-0.1, -0.05) is 0 Å². The van der Waals surface area contributed by atoms with Gasteiger partial charge in [0.1, 0.15) is 0 Å². The molecule has 1 heterocycles. The van der Waals surface area contributed by atoms with Gasteiger partial charge in [-0.3, -0.25) is 9.69 Å². The molecule has 0 aromatic carbocycles. The third kappa shape index (κ3) is 4.59. The largest absolute Gasteiger partial charge is 0.383 e. The molecule has 1 rings (SSSR count). The van der Waals surface area contributed by atoms with Gasteiger partial charge in [0.25, 0.3) is 0 Å². The van der Waals surface area contributed by atoms with Crippen LogP contribution >= 0.6 is 0 Å². The van der Waals surface area contributed by atoms with E-state index in [1.54, 1.807) is 7.11 Å². The summed E-state index contributed by atoms with van der Waals surface area (Å²) in [6.45, 7) is 4.30. The lowest BCUT2D eigenvalue weighted by Gasteiger charge is -2.14. The van der Waals surface area contributed by atoms with E-state index in [9.17, 15) is 4.79 Å². The number of carbonyl (C=O) groups excluding carboxylic acids is 1. The van der Waals surface area contributed by atoms with Crippen LogP contribution in [0.15, 0.2) is 0 Å². The van der Waals surface area contributed by atoms with E-state index in [-0.39, 0.29) is 5.91 Å². The van der Waals surface area contributed by atoms with Crippen LogP contribution in [-0.2, 0) is 9.53 Å².